The SMILES string of the molecule is COc1ccc(C(=O)C2CCN(C)C2=O)cn1. The second kappa shape index (κ2) is 4.53. The summed E-state index contributed by atoms with van der Waals surface area (Å²) < 4.78 is 4.91. The molecule has 1 fully saturated rings. The number of Topliss-reactive ketones (excluding diaryl/α,β-unsaturated/α-hetero) is 1. The van der Waals surface area contributed by atoms with E-state index >= 15 is 0 Å². The molecule has 90 valence electrons. The number of carbonyl (C=O) groups excluding carboxylic acids is 2. The molecule has 1 aliphatic heterocycles. The van der Waals surface area contributed by atoms with Gasteiger partial charge in [0, 0.05) is 31.4 Å². The molecule has 0 aliphatic carbocycles. The molecule has 1 amide bonds. The summed E-state index contributed by atoms with van der Waals surface area (Å²) in [6, 6.07) is 3.26. The second-order valence-electron chi connectivity index (χ2n) is 4.05. The van der Waals surface area contributed by atoms with Gasteiger partial charge in [-0.05, 0) is 12.5 Å². The normalized spacial score (nSPS) is 19.5. The summed E-state index contributed by atoms with van der Waals surface area (Å²) in [5.41, 5.74) is 0.458. The van der Waals surface area contributed by atoms with Gasteiger partial charge < -0.3 is 9.64 Å². The first-order valence-electron chi connectivity index (χ1n) is 5.42. The number of hydrogen-bond acceptors (Lipinski definition) is 4. The van der Waals surface area contributed by atoms with Crippen molar-refractivity contribution in [3.63, 3.8) is 0 Å². The van der Waals surface area contributed by atoms with Crippen LogP contribution in [0.3, 0.4) is 0 Å². The maximum Gasteiger partial charge on any atom is 0.233 e. The van der Waals surface area contributed by atoms with Crippen LogP contribution in [-0.4, -0.2) is 42.3 Å². The highest BCUT2D eigenvalue weighted by molar-refractivity contribution is 6.10. The molecule has 1 aliphatic rings. The molecule has 0 N–H and O–H groups in total. The lowest BCUT2D eigenvalue weighted by molar-refractivity contribution is -0.128. The summed E-state index contributed by atoms with van der Waals surface area (Å²) in [5, 5.41) is 0. The number of pyridine rings is 1. The first-order chi connectivity index (χ1) is 8.13. The molecule has 1 unspecified atom stereocenters. The summed E-state index contributed by atoms with van der Waals surface area (Å²) in [6.45, 7) is 0.638. The van der Waals surface area contributed by atoms with Gasteiger partial charge in [0.2, 0.25) is 11.8 Å². The Morgan fingerprint density at radius 1 is 1.53 bits per heavy atom. The molecule has 0 saturated carbocycles. The molecule has 17 heavy (non-hydrogen) atoms. The van der Waals surface area contributed by atoms with Crippen molar-refractivity contribution < 1.29 is 14.3 Å². The van der Waals surface area contributed by atoms with Crippen molar-refractivity contribution in [2.45, 2.75) is 6.42 Å². The van der Waals surface area contributed by atoms with Gasteiger partial charge in [0.1, 0.15) is 5.92 Å². The van der Waals surface area contributed by atoms with Crippen LogP contribution in [-0.2, 0) is 4.79 Å². The predicted octanol–water partition coefficient (Wildman–Crippen LogP) is 0.751. The van der Waals surface area contributed by atoms with Gasteiger partial charge in [-0.25, -0.2) is 4.98 Å². The summed E-state index contributed by atoms with van der Waals surface area (Å²) in [6.07, 6.45) is 2.03. The van der Waals surface area contributed by atoms with E-state index < -0.39 is 5.92 Å². The Balaban J connectivity index is 2.17. The van der Waals surface area contributed by atoms with Crippen LogP contribution in [0.25, 0.3) is 0 Å². The van der Waals surface area contributed by atoms with Crippen molar-refractivity contribution >= 4 is 11.7 Å². The van der Waals surface area contributed by atoms with Crippen molar-refractivity contribution in [3.8, 4) is 5.88 Å². The van der Waals surface area contributed by atoms with Crippen LogP contribution in [0.5, 0.6) is 5.88 Å². The van der Waals surface area contributed by atoms with Crippen molar-refractivity contribution in [3.05, 3.63) is 23.9 Å². The van der Waals surface area contributed by atoms with Gasteiger partial charge in [-0.2, -0.15) is 0 Å². The van der Waals surface area contributed by atoms with E-state index in [1.54, 1.807) is 24.1 Å². The molecule has 0 bridgehead atoms. The Kier molecular flexibility index (Phi) is 3.08. The first-order valence-corrected chi connectivity index (χ1v) is 5.42. The minimum Gasteiger partial charge on any atom is -0.481 e. The fourth-order valence-corrected chi connectivity index (χ4v) is 1.91. The van der Waals surface area contributed by atoms with Crippen molar-refractivity contribution in [1.82, 2.24) is 9.88 Å². The summed E-state index contributed by atoms with van der Waals surface area (Å²) in [5.74, 6) is -0.355. The number of likely N-dealkylation sites (tertiary alicyclic amines) is 1. The third-order valence-electron chi connectivity index (χ3n) is 2.97. The van der Waals surface area contributed by atoms with Gasteiger partial charge >= 0.3 is 0 Å². The van der Waals surface area contributed by atoms with E-state index in [-0.39, 0.29) is 11.7 Å². The van der Waals surface area contributed by atoms with E-state index in [1.165, 1.54) is 13.3 Å². The highest BCUT2D eigenvalue weighted by Gasteiger charge is 2.35. The van der Waals surface area contributed by atoms with Gasteiger partial charge in [0.25, 0.3) is 0 Å². The lowest BCUT2D eigenvalue weighted by Gasteiger charge is -2.09. The maximum absolute atomic E-state index is 12.1. The van der Waals surface area contributed by atoms with Crippen LogP contribution in [0, 0.1) is 5.92 Å². The standard InChI is InChI=1S/C12H14N2O3/c1-14-6-5-9(12(14)16)11(15)8-3-4-10(17-2)13-7-8/h3-4,7,9H,5-6H2,1-2H3. The number of rotatable bonds is 3. The zero-order chi connectivity index (χ0) is 12.4. The second-order valence-corrected chi connectivity index (χ2v) is 4.05. The highest BCUT2D eigenvalue weighted by Crippen LogP contribution is 2.21. The fraction of sp³-hybridized carbons (Fsp3) is 0.417. The van der Waals surface area contributed by atoms with E-state index in [0.29, 0.717) is 24.4 Å². The molecule has 5 heteroatoms. The summed E-state index contributed by atoms with van der Waals surface area (Å²) in [4.78, 5) is 29.3. The van der Waals surface area contributed by atoms with E-state index in [9.17, 15) is 9.59 Å². The molecule has 1 atom stereocenters. The third-order valence-corrected chi connectivity index (χ3v) is 2.97. The molecule has 1 saturated heterocycles. The van der Waals surface area contributed by atoms with E-state index in [2.05, 4.69) is 4.98 Å². The third kappa shape index (κ3) is 2.13. The van der Waals surface area contributed by atoms with E-state index in [4.69, 9.17) is 4.74 Å². The number of ketones is 1. The number of hydrogen-bond donors (Lipinski definition) is 0. The van der Waals surface area contributed by atoms with Crippen molar-refractivity contribution in [2.24, 2.45) is 5.92 Å². The molecule has 0 radical (unpaired) electrons. The topological polar surface area (TPSA) is 59.5 Å². The Bertz CT molecular complexity index is 442. The van der Waals surface area contributed by atoms with Gasteiger partial charge in [-0.15, -0.1) is 0 Å². The number of amides is 1. The number of ether oxygens (including phenoxy) is 1. The van der Waals surface area contributed by atoms with Crippen LogP contribution in [0.4, 0.5) is 0 Å². The predicted molar refractivity (Wildman–Crippen MR) is 60.9 cm³/mol. The quantitative estimate of drug-likeness (QED) is 0.572. The molecule has 2 heterocycles. The monoisotopic (exact) mass is 234 g/mol. The van der Waals surface area contributed by atoms with Crippen molar-refractivity contribution in [2.75, 3.05) is 20.7 Å². The number of carbonyl (C=O) groups is 2. The lowest BCUT2D eigenvalue weighted by atomic mass is 9.97. The van der Waals surface area contributed by atoms with Gasteiger partial charge in [-0.3, -0.25) is 9.59 Å². The van der Waals surface area contributed by atoms with Crippen LogP contribution >= 0.6 is 0 Å². The molecular weight excluding hydrogens is 220 g/mol. The zero-order valence-electron chi connectivity index (χ0n) is 9.84. The lowest BCUT2D eigenvalue weighted by Crippen LogP contribution is -2.27. The van der Waals surface area contributed by atoms with Crippen LogP contribution < -0.4 is 4.74 Å². The average molecular weight is 234 g/mol. The van der Waals surface area contributed by atoms with Crippen LogP contribution in [0.15, 0.2) is 18.3 Å². The minimum absolute atomic E-state index is 0.106. The summed E-state index contributed by atoms with van der Waals surface area (Å²) >= 11 is 0. The molecular formula is C12H14N2O3. The molecule has 0 spiro atoms. The molecule has 5 nitrogen and oxygen atoms in total. The summed E-state index contributed by atoms with van der Waals surface area (Å²) in [7, 11) is 3.22. The van der Waals surface area contributed by atoms with E-state index in [0.717, 1.165) is 0 Å². The van der Waals surface area contributed by atoms with Crippen LogP contribution in [0.2, 0.25) is 0 Å². The maximum atomic E-state index is 12.1. The zero-order valence-corrected chi connectivity index (χ0v) is 9.84. The largest absolute Gasteiger partial charge is 0.481 e. The Labute approximate surface area is 99.4 Å². The fourth-order valence-electron chi connectivity index (χ4n) is 1.91. The number of methoxy groups -OCH3 is 1. The average Bonchev–Trinajstić information content (AvgIpc) is 2.69. The molecule has 0 aromatic carbocycles. The van der Waals surface area contributed by atoms with Crippen molar-refractivity contribution in [1.29, 1.82) is 0 Å². The Hall–Kier alpha value is -1.91. The van der Waals surface area contributed by atoms with E-state index in [1.807, 2.05) is 0 Å². The minimum atomic E-state index is -0.546. The number of nitrogens with zero attached hydrogens (tertiary/aromatic N) is 2. The highest BCUT2D eigenvalue weighted by atomic mass is 16.5. The molecule has 2 rings (SSSR count). The Morgan fingerprint density at radius 3 is 2.76 bits per heavy atom. The van der Waals surface area contributed by atoms with Crippen LogP contribution in [0.1, 0.15) is 16.8 Å². The van der Waals surface area contributed by atoms with Gasteiger partial charge in [0.15, 0.2) is 5.78 Å². The smallest absolute Gasteiger partial charge is 0.233 e. The van der Waals surface area contributed by atoms with Gasteiger partial charge in [-0.1, -0.05) is 0 Å². The number of aromatic nitrogens is 1. The Morgan fingerprint density at radius 2 is 2.29 bits per heavy atom. The van der Waals surface area contributed by atoms with Gasteiger partial charge in [0.05, 0.1) is 7.11 Å². The molecule has 1 aromatic rings. The first kappa shape index (κ1) is 11.6. The molecule has 1 aromatic heterocycles.